The minimum atomic E-state index is -0.0215. The van der Waals surface area contributed by atoms with Crippen LogP contribution in [0.4, 0.5) is 17.1 Å². The van der Waals surface area contributed by atoms with Crippen LogP contribution in [0.15, 0.2) is 164 Å². The molecule has 0 fully saturated rings. The fourth-order valence-electron chi connectivity index (χ4n) is 11.2. The molecule has 0 bridgehead atoms. The van der Waals surface area contributed by atoms with E-state index in [1.807, 2.05) is 23.5 Å². The fraction of sp³-hybridized carbons (Fsp3) is 0.136. The van der Waals surface area contributed by atoms with Crippen molar-refractivity contribution in [2.45, 2.75) is 52.4 Å². The maximum atomic E-state index is 10.6. The molecule has 310 valence electrons. The van der Waals surface area contributed by atoms with Gasteiger partial charge in [0.25, 0.3) is 6.71 Å². The van der Waals surface area contributed by atoms with Crippen molar-refractivity contribution in [2.75, 3.05) is 4.90 Å². The SMILES string of the molecule is CC(C)(C)c1ccc(N2c3cc(-c4ccccc4C#N)cc4c3B(c3sc5cc(C(C)(C)C)ccc5c32)c2cccc3c5c(ccc6c7ccccc7n(-c7ccccc7)c65)n-4c23)cc1. The normalized spacial score (nSPS) is 13.3. The van der Waals surface area contributed by atoms with Crippen molar-refractivity contribution in [1.29, 1.82) is 5.26 Å². The summed E-state index contributed by atoms with van der Waals surface area (Å²) in [5.41, 5.74) is 18.5. The Morgan fingerprint density at radius 3 is 2.02 bits per heavy atom. The van der Waals surface area contributed by atoms with Gasteiger partial charge in [-0.1, -0.05) is 145 Å². The van der Waals surface area contributed by atoms with Crippen LogP contribution < -0.4 is 20.6 Å². The zero-order valence-corrected chi connectivity index (χ0v) is 38.2. The van der Waals surface area contributed by atoms with Crippen molar-refractivity contribution in [3.63, 3.8) is 0 Å². The van der Waals surface area contributed by atoms with Gasteiger partial charge in [-0.2, -0.15) is 5.26 Å². The number of benzene rings is 8. The van der Waals surface area contributed by atoms with Crippen LogP contribution in [0.2, 0.25) is 0 Å². The third-order valence-electron chi connectivity index (χ3n) is 14.2. The second-order valence-electron chi connectivity index (χ2n) is 20.0. The highest BCUT2D eigenvalue weighted by molar-refractivity contribution is 7.33. The standard InChI is InChI=1S/C59H45BN4S/c1-58(2,3)37-23-26-40(27-24-37)63-49-31-36(41-18-11-10-15-35(41)34-61)32-50-53(49)60(57-56(63)44-28-25-38(59(4,5)6)33-51(44)65-57)46-21-14-20-45-52-48(64(50)54(45)46)30-29-43-42-19-12-13-22-47(42)62(55(43)52)39-16-8-7-9-17-39/h7-33H,1-6H3. The number of fused-ring (bicyclic) bond motifs is 13. The van der Waals surface area contributed by atoms with Crippen LogP contribution in [0.3, 0.4) is 0 Å². The van der Waals surface area contributed by atoms with Crippen LogP contribution in [0.1, 0.15) is 58.2 Å². The predicted molar refractivity (Wildman–Crippen MR) is 277 cm³/mol. The quantitative estimate of drug-likeness (QED) is 0.166. The van der Waals surface area contributed by atoms with E-state index in [1.54, 1.807) is 0 Å². The lowest BCUT2D eigenvalue weighted by atomic mass is 9.36. The van der Waals surface area contributed by atoms with E-state index < -0.39 is 0 Å². The van der Waals surface area contributed by atoms with Gasteiger partial charge in [-0.3, -0.25) is 0 Å². The number of thiophene rings is 1. The summed E-state index contributed by atoms with van der Waals surface area (Å²) in [5, 5.41) is 16.8. The van der Waals surface area contributed by atoms with E-state index in [0.29, 0.717) is 5.56 Å². The average molecular weight is 853 g/mol. The minimum Gasteiger partial charge on any atom is -0.310 e. The van der Waals surface area contributed by atoms with Crippen LogP contribution in [0.5, 0.6) is 0 Å². The molecule has 0 amide bonds. The molecule has 5 heterocycles. The van der Waals surface area contributed by atoms with E-state index in [9.17, 15) is 5.26 Å². The Balaban J connectivity index is 1.22. The Morgan fingerprint density at radius 2 is 1.23 bits per heavy atom. The highest BCUT2D eigenvalue weighted by Crippen LogP contribution is 2.49. The molecule has 0 aliphatic carbocycles. The molecule has 0 saturated carbocycles. The maximum Gasteiger partial charge on any atom is 0.264 e. The van der Waals surface area contributed by atoms with Crippen LogP contribution in [0, 0.1) is 11.3 Å². The molecular formula is C59H45BN4S. The van der Waals surface area contributed by atoms with Crippen molar-refractivity contribution in [2.24, 2.45) is 0 Å². The monoisotopic (exact) mass is 852 g/mol. The molecule has 3 aromatic heterocycles. The largest absolute Gasteiger partial charge is 0.310 e. The van der Waals surface area contributed by atoms with Gasteiger partial charge < -0.3 is 14.0 Å². The van der Waals surface area contributed by atoms with E-state index >= 15 is 0 Å². The van der Waals surface area contributed by atoms with Crippen LogP contribution in [-0.4, -0.2) is 15.8 Å². The van der Waals surface area contributed by atoms with Crippen molar-refractivity contribution >= 4 is 105 Å². The van der Waals surface area contributed by atoms with E-state index in [2.05, 4.69) is 213 Å². The zero-order valence-electron chi connectivity index (χ0n) is 37.4. The number of anilines is 3. The number of aromatic nitrogens is 2. The van der Waals surface area contributed by atoms with Gasteiger partial charge in [0.15, 0.2) is 0 Å². The van der Waals surface area contributed by atoms with Crippen molar-refractivity contribution in [3.8, 4) is 28.6 Å². The zero-order chi connectivity index (χ0) is 44.1. The highest BCUT2D eigenvalue weighted by Gasteiger charge is 2.45. The lowest BCUT2D eigenvalue weighted by Crippen LogP contribution is -2.59. The smallest absolute Gasteiger partial charge is 0.264 e. The first-order valence-corrected chi connectivity index (χ1v) is 23.5. The molecule has 2 aliphatic rings. The fourth-order valence-corrected chi connectivity index (χ4v) is 12.5. The number of rotatable bonds is 3. The van der Waals surface area contributed by atoms with Gasteiger partial charge >= 0.3 is 0 Å². The predicted octanol–water partition coefficient (Wildman–Crippen LogP) is 13.8. The number of hydrogen-bond donors (Lipinski definition) is 0. The van der Waals surface area contributed by atoms with Gasteiger partial charge in [-0.25, -0.2) is 0 Å². The molecule has 6 heteroatoms. The van der Waals surface area contributed by atoms with E-state index in [-0.39, 0.29) is 17.5 Å². The molecular weight excluding hydrogens is 808 g/mol. The molecule has 2 aliphatic heterocycles. The summed E-state index contributed by atoms with van der Waals surface area (Å²) in [7, 11) is 0. The molecule has 13 rings (SSSR count). The van der Waals surface area contributed by atoms with Crippen molar-refractivity contribution in [3.05, 3.63) is 180 Å². The Morgan fingerprint density at radius 1 is 0.538 bits per heavy atom. The Kier molecular flexibility index (Phi) is 7.84. The lowest BCUT2D eigenvalue weighted by Gasteiger charge is -2.39. The van der Waals surface area contributed by atoms with Gasteiger partial charge in [0, 0.05) is 64.7 Å². The minimum absolute atomic E-state index is 0.00521. The molecule has 0 atom stereocenters. The van der Waals surface area contributed by atoms with E-state index in [4.69, 9.17) is 0 Å². The third kappa shape index (κ3) is 5.31. The van der Waals surface area contributed by atoms with Crippen LogP contribution in [-0.2, 0) is 10.8 Å². The summed E-state index contributed by atoms with van der Waals surface area (Å²) < 4.78 is 7.70. The highest BCUT2D eigenvalue weighted by atomic mass is 32.1. The van der Waals surface area contributed by atoms with Crippen molar-refractivity contribution in [1.82, 2.24) is 9.13 Å². The second kappa shape index (κ2) is 13.4. The molecule has 65 heavy (non-hydrogen) atoms. The van der Waals surface area contributed by atoms with E-state index in [0.717, 1.165) is 33.9 Å². The Labute approximate surface area is 383 Å². The average Bonchev–Trinajstić information content (AvgIpc) is 3.98. The first-order chi connectivity index (χ1) is 31.5. The molecule has 0 unspecified atom stereocenters. The Bertz CT molecular complexity index is 3870. The number of nitriles is 1. The summed E-state index contributed by atoms with van der Waals surface area (Å²) in [6.07, 6.45) is 0. The first-order valence-electron chi connectivity index (χ1n) is 22.7. The van der Waals surface area contributed by atoms with Crippen molar-refractivity contribution < 1.29 is 0 Å². The van der Waals surface area contributed by atoms with Gasteiger partial charge in [0.2, 0.25) is 0 Å². The second-order valence-corrected chi connectivity index (χ2v) is 21.1. The summed E-state index contributed by atoms with van der Waals surface area (Å²) >= 11 is 1.95. The van der Waals surface area contributed by atoms with Gasteiger partial charge in [-0.05, 0) is 105 Å². The lowest BCUT2D eigenvalue weighted by molar-refractivity contribution is 0.590. The van der Waals surface area contributed by atoms with Gasteiger partial charge in [0.1, 0.15) is 0 Å². The molecule has 11 aromatic rings. The molecule has 0 saturated heterocycles. The number of hydrogen-bond acceptors (Lipinski definition) is 3. The third-order valence-corrected chi connectivity index (χ3v) is 15.4. The van der Waals surface area contributed by atoms with Gasteiger partial charge in [0.05, 0.1) is 33.9 Å². The van der Waals surface area contributed by atoms with Crippen LogP contribution >= 0.6 is 11.3 Å². The summed E-state index contributed by atoms with van der Waals surface area (Å²) in [5.74, 6) is 0. The first kappa shape index (κ1) is 38.2. The molecule has 0 radical (unpaired) electrons. The maximum absolute atomic E-state index is 10.6. The molecule has 8 aromatic carbocycles. The molecule has 4 nitrogen and oxygen atoms in total. The summed E-state index contributed by atoms with van der Waals surface area (Å²) in [6, 6.07) is 63.2. The summed E-state index contributed by atoms with van der Waals surface area (Å²) in [6.45, 7) is 13.7. The Hall–Kier alpha value is -7.33. The topological polar surface area (TPSA) is 36.9 Å². The number of nitrogens with zero attached hydrogens (tertiary/aromatic N) is 4. The number of para-hydroxylation sites is 3. The van der Waals surface area contributed by atoms with Gasteiger partial charge in [-0.15, -0.1) is 11.3 Å². The van der Waals surface area contributed by atoms with E-state index in [1.165, 1.54) is 86.2 Å². The molecule has 0 spiro atoms. The summed E-state index contributed by atoms with van der Waals surface area (Å²) in [4.78, 5) is 2.55. The molecule has 0 N–H and O–H groups in total. The van der Waals surface area contributed by atoms with Crippen LogP contribution in [0.25, 0.3) is 76.2 Å².